The first-order valence-electron chi connectivity index (χ1n) is 9.00. The van der Waals surface area contributed by atoms with Crippen molar-refractivity contribution < 1.29 is 0 Å². The van der Waals surface area contributed by atoms with Gasteiger partial charge in [-0.25, -0.2) is 0 Å². The van der Waals surface area contributed by atoms with E-state index in [0.29, 0.717) is 0 Å². The molecule has 0 amide bonds. The highest BCUT2D eigenvalue weighted by molar-refractivity contribution is 6.01. The predicted octanol–water partition coefficient (Wildman–Crippen LogP) is 5.51. The van der Waals surface area contributed by atoms with E-state index < -0.39 is 0 Å². The van der Waals surface area contributed by atoms with Crippen LogP contribution >= 0.6 is 0 Å². The van der Waals surface area contributed by atoms with Crippen LogP contribution in [0.15, 0.2) is 94.9 Å². The molecular weight excluding hydrogens is 344 g/mol. The van der Waals surface area contributed by atoms with Gasteiger partial charge in [-0.15, -0.1) is 0 Å². The molecule has 0 atom stereocenters. The smallest absolute Gasteiger partial charge is 0.0709 e. The van der Waals surface area contributed by atoms with Crippen molar-refractivity contribution in [3.05, 3.63) is 96.1 Å². The molecule has 0 aliphatic rings. The van der Waals surface area contributed by atoms with E-state index in [0.717, 1.165) is 44.6 Å². The van der Waals surface area contributed by atoms with Crippen LogP contribution < -0.4 is 11.5 Å². The van der Waals surface area contributed by atoms with Crippen molar-refractivity contribution in [1.29, 1.82) is 0 Å². The normalized spacial score (nSPS) is 11.6. The molecule has 4 heteroatoms. The van der Waals surface area contributed by atoms with E-state index in [1.165, 1.54) is 0 Å². The molecule has 4 aromatic carbocycles. The van der Waals surface area contributed by atoms with Crippen LogP contribution in [0, 0.1) is 0 Å². The second kappa shape index (κ2) is 7.76. The van der Waals surface area contributed by atoms with E-state index in [2.05, 4.69) is 9.98 Å². The van der Waals surface area contributed by atoms with Gasteiger partial charge in [-0.1, -0.05) is 48.5 Å². The molecule has 0 aromatic heterocycles. The number of nitrogen functional groups attached to an aromatic ring is 2. The van der Waals surface area contributed by atoms with Crippen molar-refractivity contribution in [2.45, 2.75) is 0 Å². The van der Waals surface area contributed by atoms with Crippen LogP contribution in [-0.4, -0.2) is 12.4 Å². The average Bonchev–Trinajstić information content (AvgIpc) is 2.74. The molecule has 4 rings (SSSR count). The number of aliphatic imine (C=N–C) groups is 2. The Labute approximate surface area is 163 Å². The second-order valence-electron chi connectivity index (χ2n) is 6.49. The second-order valence-corrected chi connectivity index (χ2v) is 6.49. The van der Waals surface area contributed by atoms with Crippen LogP contribution in [0.25, 0.3) is 10.8 Å². The Hall–Kier alpha value is -3.92. The summed E-state index contributed by atoms with van der Waals surface area (Å²) in [5, 5.41) is 2.07. The van der Waals surface area contributed by atoms with Crippen LogP contribution in [-0.2, 0) is 0 Å². The Morgan fingerprint density at radius 3 is 1.86 bits per heavy atom. The molecule has 0 aliphatic carbocycles. The van der Waals surface area contributed by atoms with Gasteiger partial charge in [-0.2, -0.15) is 0 Å². The number of benzene rings is 4. The minimum atomic E-state index is 0.733. The predicted molar refractivity (Wildman–Crippen MR) is 120 cm³/mol. The summed E-state index contributed by atoms with van der Waals surface area (Å²) >= 11 is 0. The van der Waals surface area contributed by atoms with Crippen molar-refractivity contribution in [2.24, 2.45) is 9.98 Å². The zero-order valence-electron chi connectivity index (χ0n) is 15.3. The first-order valence-corrected chi connectivity index (χ1v) is 9.00. The SMILES string of the molecule is Nc1ccc(N=Cc2ccc(C=Nc3ccc(N)c4ccccc34)cc2)cc1. The third-order valence-corrected chi connectivity index (χ3v) is 4.48. The highest BCUT2D eigenvalue weighted by Gasteiger charge is 2.02. The Kier molecular flexibility index (Phi) is 4.85. The number of fused-ring (bicyclic) bond motifs is 1. The molecule has 0 bridgehead atoms. The summed E-state index contributed by atoms with van der Waals surface area (Å²) in [5.41, 5.74) is 17.1. The first kappa shape index (κ1) is 17.5. The van der Waals surface area contributed by atoms with E-state index in [4.69, 9.17) is 11.5 Å². The Bertz CT molecular complexity index is 1160. The van der Waals surface area contributed by atoms with Gasteiger partial charge in [0.15, 0.2) is 0 Å². The largest absolute Gasteiger partial charge is 0.399 e. The zero-order valence-corrected chi connectivity index (χ0v) is 15.3. The van der Waals surface area contributed by atoms with Crippen LogP contribution in [0.5, 0.6) is 0 Å². The molecule has 0 saturated carbocycles. The molecule has 0 aliphatic heterocycles. The fourth-order valence-corrected chi connectivity index (χ4v) is 2.94. The van der Waals surface area contributed by atoms with Crippen molar-refractivity contribution in [3.8, 4) is 0 Å². The molecule has 4 N–H and O–H groups in total. The van der Waals surface area contributed by atoms with Gasteiger partial charge in [0.05, 0.1) is 11.4 Å². The van der Waals surface area contributed by atoms with Crippen LogP contribution in [0.4, 0.5) is 22.7 Å². The number of hydrogen-bond donors (Lipinski definition) is 2. The number of anilines is 2. The maximum absolute atomic E-state index is 6.06. The Morgan fingerprint density at radius 1 is 0.571 bits per heavy atom. The molecule has 4 nitrogen and oxygen atoms in total. The highest BCUT2D eigenvalue weighted by Crippen LogP contribution is 2.30. The molecule has 136 valence electrons. The number of rotatable bonds is 4. The van der Waals surface area contributed by atoms with E-state index in [1.54, 1.807) is 0 Å². The van der Waals surface area contributed by atoms with Crippen molar-refractivity contribution in [3.63, 3.8) is 0 Å². The van der Waals surface area contributed by atoms with Crippen LogP contribution in [0.1, 0.15) is 11.1 Å². The zero-order chi connectivity index (χ0) is 19.3. The molecule has 0 saturated heterocycles. The number of nitrogens with zero attached hydrogens (tertiary/aromatic N) is 2. The quantitative estimate of drug-likeness (QED) is 0.370. The monoisotopic (exact) mass is 364 g/mol. The molecule has 0 fully saturated rings. The topological polar surface area (TPSA) is 76.8 Å². The Morgan fingerprint density at radius 2 is 1.18 bits per heavy atom. The minimum absolute atomic E-state index is 0.733. The van der Waals surface area contributed by atoms with Crippen molar-refractivity contribution in [2.75, 3.05) is 11.5 Å². The van der Waals surface area contributed by atoms with Gasteiger partial charge in [0.25, 0.3) is 0 Å². The lowest BCUT2D eigenvalue weighted by Crippen LogP contribution is -1.87. The van der Waals surface area contributed by atoms with Gasteiger partial charge in [-0.05, 0) is 47.5 Å². The lowest BCUT2D eigenvalue weighted by molar-refractivity contribution is 1.52. The van der Waals surface area contributed by atoms with Gasteiger partial charge >= 0.3 is 0 Å². The molecule has 0 unspecified atom stereocenters. The summed E-state index contributed by atoms with van der Waals surface area (Å²) in [6.07, 6.45) is 3.69. The van der Waals surface area contributed by atoms with Crippen molar-refractivity contribution >= 4 is 46.0 Å². The van der Waals surface area contributed by atoms with Gasteiger partial charge in [0.1, 0.15) is 0 Å². The van der Waals surface area contributed by atoms with Gasteiger partial charge in [0, 0.05) is 34.6 Å². The molecule has 28 heavy (non-hydrogen) atoms. The summed E-state index contributed by atoms with van der Waals surface area (Å²) < 4.78 is 0. The summed E-state index contributed by atoms with van der Waals surface area (Å²) in [6, 6.07) is 27.4. The molecule has 0 spiro atoms. The third-order valence-electron chi connectivity index (χ3n) is 4.48. The Balaban J connectivity index is 1.52. The van der Waals surface area contributed by atoms with E-state index in [-0.39, 0.29) is 0 Å². The van der Waals surface area contributed by atoms with E-state index in [9.17, 15) is 0 Å². The van der Waals surface area contributed by atoms with Crippen LogP contribution in [0.3, 0.4) is 0 Å². The van der Waals surface area contributed by atoms with Gasteiger partial charge in [0.2, 0.25) is 0 Å². The standard InChI is InChI=1S/C24H20N4/c25-19-9-11-20(12-10-19)27-15-17-5-7-18(8-6-17)16-28-24-14-13-23(26)21-3-1-2-4-22(21)24/h1-16H,25-26H2. The maximum atomic E-state index is 6.06. The fourth-order valence-electron chi connectivity index (χ4n) is 2.94. The van der Waals surface area contributed by atoms with E-state index >= 15 is 0 Å². The molecular formula is C24H20N4. The molecule has 0 heterocycles. The fraction of sp³-hybridized carbons (Fsp3) is 0. The summed E-state index contributed by atoms with van der Waals surface area (Å²) in [5.74, 6) is 0. The molecule has 4 aromatic rings. The first-order chi connectivity index (χ1) is 13.7. The highest BCUT2D eigenvalue weighted by atomic mass is 14.7. The van der Waals surface area contributed by atoms with Crippen molar-refractivity contribution in [1.82, 2.24) is 0 Å². The lowest BCUT2D eigenvalue weighted by Gasteiger charge is -2.04. The maximum Gasteiger partial charge on any atom is 0.0709 e. The minimum Gasteiger partial charge on any atom is -0.399 e. The third kappa shape index (κ3) is 3.91. The summed E-state index contributed by atoms with van der Waals surface area (Å²) in [4.78, 5) is 9.11. The van der Waals surface area contributed by atoms with Gasteiger partial charge in [-0.3, -0.25) is 9.98 Å². The average molecular weight is 364 g/mol. The van der Waals surface area contributed by atoms with E-state index in [1.807, 2.05) is 97.4 Å². The molecule has 0 radical (unpaired) electrons. The number of nitrogens with two attached hydrogens (primary N) is 2. The number of hydrogen-bond acceptors (Lipinski definition) is 4. The van der Waals surface area contributed by atoms with Crippen LogP contribution in [0.2, 0.25) is 0 Å². The summed E-state index contributed by atoms with van der Waals surface area (Å²) in [7, 11) is 0. The lowest BCUT2D eigenvalue weighted by atomic mass is 10.1. The van der Waals surface area contributed by atoms with Gasteiger partial charge < -0.3 is 11.5 Å². The summed E-state index contributed by atoms with van der Waals surface area (Å²) in [6.45, 7) is 0.